The predicted octanol–water partition coefficient (Wildman–Crippen LogP) is 0.361. The molecule has 0 saturated carbocycles. The Morgan fingerprint density at radius 3 is 2.93 bits per heavy atom. The normalized spacial score (nSPS) is 23.9. The smallest absolute Gasteiger partial charge is 0.320 e. The standard InChI is InChI=1S/C10H20N2O2/c1-8(2)14-10(13)7-12-5-3-4-9(11)6-12/h8-9H,3-7,11H2,1-2H3/t9-/m1/s1. The molecule has 14 heavy (non-hydrogen) atoms. The molecule has 0 bridgehead atoms. The third kappa shape index (κ3) is 4.07. The first-order valence-electron chi connectivity index (χ1n) is 5.25. The fourth-order valence-electron chi connectivity index (χ4n) is 1.72. The summed E-state index contributed by atoms with van der Waals surface area (Å²) < 4.78 is 5.07. The molecule has 0 radical (unpaired) electrons. The van der Waals surface area contributed by atoms with E-state index < -0.39 is 0 Å². The molecule has 0 unspecified atom stereocenters. The Bertz CT molecular complexity index is 195. The van der Waals surface area contributed by atoms with Gasteiger partial charge in [0.1, 0.15) is 0 Å². The van der Waals surface area contributed by atoms with Crippen molar-refractivity contribution in [3.8, 4) is 0 Å². The zero-order valence-electron chi connectivity index (χ0n) is 9.03. The van der Waals surface area contributed by atoms with Gasteiger partial charge >= 0.3 is 5.97 Å². The van der Waals surface area contributed by atoms with Crippen LogP contribution in [0.5, 0.6) is 0 Å². The summed E-state index contributed by atoms with van der Waals surface area (Å²) in [6.07, 6.45) is 2.12. The van der Waals surface area contributed by atoms with Gasteiger partial charge in [-0.1, -0.05) is 0 Å². The van der Waals surface area contributed by atoms with Gasteiger partial charge in [0, 0.05) is 12.6 Å². The van der Waals surface area contributed by atoms with Gasteiger partial charge in [-0.2, -0.15) is 0 Å². The zero-order chi connectivity index (χ0) is 10.6. The van der Waals surface area contributed by atoms with Crippen LogP contribution in [0.3, 0.4) is 0 Å². The van der Waals surface area contributed by atoms with Crippen molar-refractivity contribution in [3.63, 3.8) is 0 Å². The Labute approximate surface area is 85.4 Å². The van der Waals surface area contributed by atoms with Crippen LogP contribution in [0.25, 0.3) is 0 Å². The quantitative estimate of drug-likeness (QED) is 0.668. The van der Waals surface area contributed by atoms with Crippen molar-refractivity contribution in [2.75, 3.05) is 19.6 Å². The summed E-state index contributed by atoms with van der Waals surface area (Å²) in [6.45, 7) is 5.87. The number of nitrogens with two attached hydrogens (primary N) is 1. The molecule has 82 valence electrons. The predicted molar refractivity (Wildman–Crippen MR) is 54.9 cm³/mol. The van der Waals surface area contributed by atoms with Gasteiger partial charge in [-0.15, -0.1) is 0 Å². The van der Waals surface area contributed by atoms with E-state index >= 15 is 0 Å². The first-order valence-corrected chi connectivity index (χ1v) is 5.25. The van der Waals surface area contributed by atoms with Crippen LogP contribution in [0.4, 0.5) is 0 Å². The number of carbonyl (C=O) groups is 1. The second kappa shape index (κ2) is 5.32. The maximum Gasteiger partial charge on any atom is 0.320 e. The Balaban J connectivity index is 2.25. The summed E-state index contributed by atoms with van der Waals surface area (Å²) in [4.78, 5) is 13.4. The number of likely N-dealkylation sites (tertiary alicyclic amines) is 1. The Morgan fingerprint density at radius 1 is 1.64 bits per heavy atom. The zero-order valence-corrected chi connectivity index (χ0v) is 9.03. The highest BCUT2D eigenvalue weighted by Gasteiger charge is 2.19. The molecule has 4 nitrogen and oxygen atoms in total. The molecule has 1 heterocycles. The second-order valence-electron chi connectivity index (χ2n) is 4.18. The van der Waals surface area contributed by atoms with Crippen LogP contribution in [-0.4, -0.2) is 42.6 Å². The third-order valence-corrected chi connectivity index (χ3v) is 2.26. The van der Waals surface area contributed by atoms with Gasteiger partial charge in [0.15, 0.2) is 0 Å². The van der Waals surface area contributed by atoms with E-state index in [9.17, 15) is 4.79 Å². The summed E-state index contributed by atoms with van der Waals surface area (Å²) in [5, 5.41) is 0. The van der Waals surface area contributed by atoms with Crippen molar-refractivity contribution in [1.29, 1.82) is 0 Å². The largest absolute Gasteiger partial charge is 0.462 e. The number of ether oxygens (including phenoxy) is 1. The van der Waals surface area contributed by atoms with E-state index in [1.165, 1.54) is 0 Å². The van der Waals surface area contributed by atoms with E-state index in [2.05, 4.69) is 4.90 Å². The lowest BCUT2D eigenvalue weighted by Gasteiger charge is -2.29. The number of carbonyl (C=O) groups excluding carboxylic acids is 1. The number of hydrogen-bond donors (Lipinski definition) is 1. The average Bonchev–Trinajstić information content (AvgIpc) is 2.01. The van der Waals surface area contributed by atoms with E-state index in [1.54, 1.807) is 0 Å². The van der Waals surface area contributed by atoms with Crippen LogP contribution in [-0.2, 0) is 9.53 Å². The molecule has 2 N–H and O–H groups in total. The number of nitrogens with zero attached hydrogens (tertiary/aromatic N) is 1. The molecule has 1 saturated heterocycles. The second-order valence-corrected chi connectivity index (χ2v) is 4.18. The summed E-state index contributed by atoms with van der Waals surface area (Å²) in [5.74, 6) is -0.144. The van der Waals surface area contributed by atoms with Crippen molar-refractivity contribution in [1.82, 2.24) is 4.90 Å². The fraction of sp³-hybridized carbons (Fsp3) is 0.900. The molecular weight excluding hydrogens is 180 g/mol. The summed E-state index contributed by atoms with van der Waals surface area (Å²) >= 11 is 0. The van der Waals surface area contributed by atoms with Crippen molar-refractivity contribution in [2.45, 2.75) is 38.8 Å². The van der Waals surface area contributed by atoms with Crippen molar-refractivity contribution in [3.05, 3.63) is 0 Å². The maximum atomic E-state index is 11.3. The van der Waals surface area contributed by atoms with Gasteiger partial charge in [-0.3, -0.25) is 9.69 Å². The van der Waals surface area contributed by atoms with Gasteiger partial charge < -0.3 is 10.5 Å². The van der Waals surface area contributed by atoms with Gasteiger partial charge in [0.2, 0.25) is 0 Å². The molecule has 1 aliphatic heterocycles. The summed E-state index contributed by atoms with van der Waals surface area (Å²) in [6, 6.07) is 0.218. The highest BCUT2D eigenvalue weighted by Crippen LogP contribution is 2.07. The van der Waals surface area contributed by atoms with Gasteiger partial charge in [0.25, 0.3) is 0 Å². The Morgan fingerprint density at radius 2 is 2.36 bits per heavy atom. The highest BCUT2D eigenvalue weighted by atomic mass is 16.5. The van der Waals surface area contributed by atoms with E-state index in [0.29, 0.717) is 6.54 Å². The third-order valence-electron chi connectivity index (χ3n) is 2.26. The molecule has 0 spiro atoms. The molecule has 1 fully saturated rings. The van der Waals surface area contributed by atoms with Crippen LogP contribution >= 0.6 is 0 Å². The van der Waals surface area contributed by atoms with Gasteiger partial charge in [0.05, 0.1) is 12.6 Å². The highest BCUT2D eigenvalue weighted by molar-refractivity contribution is 5.71. The Hall–Kier alpha value is -0.610. The SMILES string of the molecule is CC(C)OC(=O)CN1CCC[C@@H](N)C1. The Kier molecular flexibility index (Phi) is 4.35. The van der Waals surface area contributed by atoms with Gasteiger partial charge in [-0.05, 0) is 33.2 Å². The molecule has 1 rings (SSSR count). The lowest BCUT2D eigenvalue weighted by atomic mass is 10.1. The number of esters is 1. The van der Waals surface area contributed by atoms with E-state index in [1.807, 2.05) is 13.8 Å². The molecular formula is C10H20N2O2. The maximum absolute atomic E-state index is 11.3. The fourth-order valence-corrected chi connectivity index (χ4v) is 1.72. The van der Waals surface area contributed by atoms with Crippen LogP contribution in [0.2, 0.25) is 0 Å². The number of rotatable bonds is 3. The molecule has 4 heteroatoms. The van der Waals surface area contributed by atoms with Crippen molar-refractivity contribution in [2.24, 2.45) is 5.73 Å². The molecule has 1 atom stereocenters. The molecule has 0 aromatic rings. The van der Waals surface area contributed by atoms with Crippen molar-refractivity contribution < 1.29 is 9.53 Å². The minimum atomic E-state index is -0.144. The number of piperidine rings is 1. The van der Waals surface area contributed by atoms with Gasteiger partial charge in [-0.25, -0.2) is 0 Å². The van der Waals surface area contributed by atoms with Crippen LogP contribution in [0.15, 0.2) is 0 Å². The lowest BCUT2D eigenvalue weighted by Crippen LogP contribution is -2.45. The molecule has 1 aliphatic rings. The minimum Gasteiger partial charge on any atom is -0.462 e. The first kappa shape index (κ1) is 11.5. The van der Waals surface area contributed by atoms with E-state index in [-0.39, 0.29) is 18.1 Å². The van der Waals surface area contributed by atoms with Crippen LogP contribution in [0.1, 0.15) is 26.7 Å². The topological polar surface area (TPSA) is 55.6 Å². The van der Waals surface area contributed by atoms with Crippen LogP contribution in [0, 0.1) is 0 Å². The summed E-state index contributed by atoms with van der Waals surface area (Å²) in [5.41, 5.74) is 5.81. The molecule has 0 aliphatic carbocycles. The van der Waals surface area contributed by atoms with Crippen LogP contribution < -0.4 is 5.73 Å². The van der Waals surface area contributed by atoms with E-state index in [4.69, 9.17) is 10.5 Å². The summed E-state index contributed by atoms with van der Waals surface area (Å²) in [7, 11) is 0. The first-order chi connectivity index (χ1) is 6.58. The van der Waals surface area contributed by atoms with Crippen molar-refractivity contribution >= 4 is 5.97 Å². The van der Waals surface area contributed by atoms with E-state index in [0.717, 1.165) is 25.9 Å². The molecule has 0 amide bonds. The lowest BCUT2D eigenvalue weighted by molar-refractivity contribution is -0.148. The average molecular weight is 200 g/mol. The molecule has 0 aromatic carbocycles. The number of hydrogen-bond acceptors (Lipinski definition) is 4. The molecule has 0 aromatic heterocycles. The monoisotopic (exact) mass is 200 g/mol. The minimum absolute atomic E-state index is 0.0269.